The number of aromatic amines is 1. The van der Waals surface area contributed by atoms with Crippen molar-refractivity contribution in [3.63, 3.8) is 0 Å². The summed E-state index contributed by atoms with van der Waals surface area (Å²) in [5.74, 6) is 0. The molecule has 0 unspecified atom stereocenters. The number of benzene rings is 2. The Morgan fingerprint density at radius 3 is 2.59 bits per heavy atom. The molecule has 2 heterocycles. The Bertz CT molecular complexity index is 1130. The second-order valence-corrected chi connectivity index (χ2v) is 7.14. The van der Waals surface area contributed by atoms with Crippen LogP contribution in [0.3, 0.4) is 0 Å². The third kappa shape index (κ3) is 4.62. The molecule has 148 valence electrons. The van der Waals surface area contributed by atoms with E-state index in [0.717, 1.165) is 42.7 Å². The van der Waals surface area contributed by atoms with Gasteiger partial charge in [-0.3, -0.25) is 4.57 Å². The predicted octanol–water partition coefficient (Wildman–Crippen LogP) is 2.74. The number of H-pyrrole nitrogens is 1. The summed E-state index contributed by atoms with van der Waals surface area (Å²) in [6, 6.07) is 20.2. The van der Waals surface area contributed by atoms with Crippen LogP contribution in [-0.2, 0) is 13.0 Å². The van der Waals surface area contributed by atoms with Crippen molar-refractivity contribution < 1.29 is 0 Å². The number of hydrogen-bond donors (Lipinski definition) is 3. The van der Waals surface area contributed by atoms with Crippen molar-refractivity contribution in [3.8, 4) is 5.69 Å². The van der Waals surface area contributed by atoms with Gasteiger partial charge >= 0.3 is 5.69 Å². The van der Waals surface area contributed by atoms with Gasteiger partial charge in [0, 0.05) is 30.2 Å². The average Bonchev–Trinajstić information content (AvgIpc) is 3.13. The summed E-state index contributed by atoms with van der Waals surface area (Å²) in [6.45, 7) is 2.38. The zero-order valence-corrected chi connectivity index (χ0v) is 16.3. The molecule has 0 amide bonds. The first kappa shape index (κ1) is 19.1. The fraction of sp³-hybridized carbons (Fsp3) is 0.217. The number of hydrogen-bond acceptors (Lipinski definition) is 4. The molecule has 0 aliphatic carbocycles. The highest BCUT2D eigenvalue weighted by Crippen LogP contribution is 2.16. The molecule has 0 atom stereocenters. The Balaban J connectivity index is 1.54. The summed E-state index contributed by atoms with van der Waals surface area (Å²) in [6.07, 6.45) is 3.59. The van der Waals surface area contributed by atoms with Crippen molar-refractivity contribution >= 4 is 11.0 Å². The summed E-state index contributed by atoms with van der Waals surface area (Å²) in [4.78, 5) is 20.0. The zero-order chi connectivity index (χ0) is 20.1. The van der Waals surface area contributed by atoms with E-state index in [1.165, 1.54) is 11.1 Å². The van der Waals surface area contributed by atoms with Gasteiger partial charge < -0.3 is 16.0 Å². The molecule has 2 aromatic carbocycles. The van der Waals surface area contributed by atoms with Gasteiger partial charge in [-0.15, -0.1) is 0 Å². The minimum atomic E-state index is -0.292. The first-order valence-corrected chi connectivity index (χ1v) is 9.88. The number of nitrogens with zero attached hydrogens (tertiary/aromatic N) is 2. The molecule has 0 fully saturated rings. The maximum absolute atomic E-state index is 12.5. The van der Waals surface area contributed by atoms with E-state index in [4.69, 9.17) is 5.73 Å². The van der Waals surface area contributed by atoms with Crippen molar-refractivity contribution in [3.05, 3.63) is 94.2 Å². The summed E-state index contributed by atoms with van der Waals surface area (Å²) in [5, 5.41) is 4.27. The lowest BCUT2D eigenvalue weighted by atomic mass is 10.1. The molecular formula is C23H25N5O. The van der Waals surface area contributed by atoms with Crippen LogP contribution in [0.5, 0.6) is 0 Å². The Morgan fingerprint density at radius 2 is 1.83 bits per heavy atom. The highest BCUT2D eigenvalue weighted by molar-refractivity contribution is 5.76. The quantitative estimate of drug-likeness (QED) is 0.406. The van der Waals surface area contributed by atoms with Crippen LogP contribution in [0.15, 0.2) is 71.7 Å². The van der Waals surface area contributed by atoms with Gasteiger partial charge in [0.05, 0.1) is 5.69 Å². The number of fused-ring (bicyclic) bond motifs is 1. The van der Waals surface area contributed by atoms with Crippen LogP contribution < -0.4 is 16.7 Å². The minimum absolute atomic E-state index is 0.292. The molecule has 0 spiro atoms. The monoisotopic (exact) mass is 387 g/mol. The third-order valence-corrected chi connectivity index (χ3v) is 4.90. The van der Waals surface area contributed by atoms with Crippen LogP contribution in [0.25, 0.3) is 16.7 Å². The summed E-state index contributed by atoms with van der Waals surface area (Å²) < 4.78 is 1.59. The van der Waals surface area contributed by atoms with E-state index in [0.29, 0.717) is 12.2 Å². The number of rotatable bonds is 8. The van der Waals surface area contributed by atoms with Gasteiger partial charge in [-0.05, 0) is 48.8 Å². The third-order valence-electron chi connectivity index (χ3n) is 4.90. The molecule has 6 nitrogen and oxygen atoms in total. The van der Waals surface area contributed by atoms with E-state index in [1.54, 1.807) is 4.57 Å². The Labute approximate surface area is 169 Å². The molecule has 0 bridgehead atoms. The molecule has 4 rings (SSSR count). The van der Waals surface area contributed by atoms with Gasteiger partial charge in [-0.25, -0.2) is 4.79 Å². The Morgan fingerprint density at radius 1 is 1.03 bits per heavy atom. The fourth-order valence-corrected chi connectivity index (χ4v) is 3.38. The summed E-state index contributed by atoms with van der Waals surface area (Å²) in [5.41, 5.74) is 10.1. The molecule has 2 aromatic heterocycles. The highest BCUT2D eigenvalue weighted by atomic mass is 16.1. The van der Waals surface area contributed by atoms with Gasteiger partial charge in [0.25, 0.3) is 0 Å². The van der Waals surface area contributed by atoms with Crippen molar-refractivity contribution in [1.29, 1.82) is 0 Å². The number of nitrogens with two attached hydrogens (primary N) is 1. The van der Waals surface area contributed by atoms with Crippen LogP contribution >= 0.6 is 0 Å². The van der Waals surface area contributed by atoms with Crippen LogP contribution in [-0.4, -0.2) is 27.6 Å². The average molecular weight is 387 g/mol. The van der Waals surface area contributed by atoms with Crippen molar-refractivity contribution in [2.75, 3.05) is 13.1 Å². The first-order chi connectivity index (χ1) is 14.2. The minimum Gasteiger partial charge on any atom is -0.343 e. The second-order valence-electron chi connectivity index (χ2n) is 7.14. The molecule has 29 heavy (non-hydrogen) atoms. The van der Waals surface area contributed by atoms with E-state index in [9.17, 15) is 4.79 Å². The van der Waals surface area contributed by atoms with E-state index in [-0.39, 0.29) is 5.69 Å². The van der Waals surface area contributed by atoms with Gasteiger partial charge in [0.2, 0.25) is 0 Å². The molecule has 0 aliphatic heterocycles. The maximum Gasteiger partial charge on any atom is 0.354 e. The van der Waals surface area contributed by atoms with Crippen LogP contribution in [0, 0.1) is 0 Å². The number of aromatic nitrogens is 3. The highest BCUT2D eigenvalue weighted by Gasteiger charge is 2.08. The van der Waals surface area contributed by atoms with Gasteiger partial charge in [0.1, 0.15) is 5.65 Å². The van der Waals surface area contributed by atoms with Gasteiger partial charge in [-0.2, -0.15) is 4.98 Å². The normalized spacial score (nSPS) is 11.2. The Kier molecular flexibility index (Phi) is 5.84. The molecule has 4 aromatic rings. The predicted molar refractivity (Wildman–Crippen MR) is 116 cm³/mol. The van der Waals surface area contributed by atoms with Gasteiger partial charge in [-0.1, -0.05) is 42.5 Å². The molecule has 0 saturated heterocycles. The van der Waals surface area contributed by atoms with E-state index >= 15 is 0 Å². The summed E-state index contributed by atoms with van der Waals surface area (Å²) in [7, 11) is 0. The standard InChI is InChI=1S/C23H25N5O/c24-11-4-12-25-15-18-7-9-21(10-8-18)28-16-19-14-20(26-22(19)27-23(28)29)13-17-5-2-1-3-6-17/h1-3,5-10,14,16,25H,4,11-13,15,24H2,(H,26,27,29). The summed E-state index contributed by atoms with van der Waals surface area (Å²) >= 11 is 0. The van der Waals surface area contributed by atoms with Crippen LogP contribution in [0.2, 0.25) is 0 Å². The van der Waals surface area contributed by atoms with Crippen molar-refractivity contribution in [1.82, 2.24) is 19.9 Å². The second kappa shape index (κ2) is 8.86. The molecular weight excluding hydrogens is 362 g/mol. The lowest BCUT2D eigenvalue weighted by molar-refractivity contribution is 0.655. The van der Waals surface area contributed by atoms with Crippen LogP contribution in [0.1, 0.15) is 23.2 Å². The van der Waals surface area contributed by atoms with Crippen molar-refractivity contribution in [2.24, 2.45) is 5.73 Å². The van der Waals surface area contributed by atoms with Crippen molar-refractivity contribution in [2.45, 2.75) is 19.4 Å². The van der Waals surface area contributed by atoms with Crippen LogP contribution in [0.4, 0.5) is 0 Å². The number of nitrogens with one attached hydrogen (secondary N) is 2. The van der Waals surface area contributed by atoms with E-state index in [2.05, 4.69) is 33.5 Å². The maximum atomic E-state index is 12.5. The topological polar surface area (TPSA) is 88.7 Å². The van der Waals surface area contributed by atoms with E-state index < -0.39 is 0 Å². The smallest absolute Gasteiger partial charge is 0.343 e. The van der Waals surface area contributed by atoms with Gasteiger partial charge in [0.15, 0.2) is 0 Å². The largest absolute Gasteiger partial charge is 0.354 e. The SMILES string of the molecule is NCCCNCc1ccc(-n2cc3cc(Cc4ccccc4)[nH]c3nc2=O)cc1. The van der Waals surface area contributed by atoms with E-state index in [1.807, 2.05) is 48.7 Å². The molecule has 6 heteroatoms. The Hall–Kier alpha value is -3.22. The lowest BCUT2D eigenvalue weighted by Gasteiger charge is -2.07. The molecule has 0 saturated carbocycles. The lowest BCUT2D eigenvalue weighted by Crippen LogP contribution is -2.20. The molecule has 0 radical (unpaired) electrons. The fourth-order valence-electron chi connectivity index (χ4n) is 3.38. The molecule has 4 N–H and O–H groups in total. The first-order valence-electron chi connectivity index (χ1n) is 9.88. The zero-order valence-electron chi connectivity index (χ0n) is 16.3. The molecule has 0 aliphatic rings.